The minimum absolute atomic E-state index is 0.0167. The summed E-state index contributed by atoms with van der Waals surface area (Å²) in [5.41, 5.74) is 1.60. The highest BCUT2D eigenvalue weighted by atomic mass is 33.1. The Kier molecular flexibility index (Phi) is 19.7. The zero-order valence-corrected chi connectivity index (χ0v) is 41.9. The average Bonchev–Trinajstić information content (AvgIpc) is 4.15. The van der Waals surface area contributed by atoms with Crippen LogP contribution >= 0.6 is 21.6 Å². The number of carbonyl (C=O) groups is 9. The van der Waals surface area contributed by atoms with Crippen LogP contribution in [0.1, 0.15) is 90.2 Å². The lowest BCUT2D eigenvalue weighted by atomic mass is 9.96. The first-order valence-electron chi connectivity index (χ1n) is 24.4. The molecule has 0 radical (unpaired) electrons. The second-order valence-corrected chi connectivity index (χ2v) is 21.3. The first kappa shape index (κ1) is 53.5. The standard InChI is InChI=1S/C50H67N9O9S2/c1-5-31(4)42(57-44(62)34-20-21-41(60)52-34)48(66)54-35(26-30(2)3)45(63)56-38-29-70-69-28-37(43(61)51-23-22-32-14-8-6-9-15-32)55-46(64)36(27-33-16-10-7-11-17-33)53-47(65)39-18-12-24-58(39)50(68)40-19-13-25-59(40)49(38)67/h6-11,14-17,22-23,30-31,34-40,42H,5,12-13,18-21,24-29H2,1-4H3,(H,51,61)(H,52,60)(H,53,65)(H,54,66)(H,55,64)(H,56,63)(H,57,62)/b23-22+/t31-,34-,35-,36-,37-,38-,39-,40-,42-/m0/s1. The zero-order valence-electron chi connectivity index (χ0n) is 40.3. The third kappa shape index (κ3) is 14.6. The fourth-order valence-electron chi connectivity index (χ4n) is 9.06. The van der Waals surface area contributed by atoms with Crippen molar-refractivity contribution in [3.8, 4) is 0 Å². The monoisotopic (exact) mass is 1000 g/mol. The van der Waals surface area contributed by atoms with E-state index in [1.54, 1.807) is 13.0 Å². The number of carbonyl (C=O) groups excluding carboxylic acids is 9. The Bertz CT molecular complexity index is 2240. The van der Waals surface area contributed by atoms with Crippen molar-refractivity contribution in [2.24, 2.45) is 11.8 Å². The van der Waals surface area contributed by atoms with E-state index in [9.17, 15) is 43.2 Å². The number of nitrogens with one attached hydrogen (secondary N) is 7. The van der Waals surface area contributed by atoms with Crippen molar-refractivity contribution in [1.29, 1.82) is 0 Å². The number of hydrogen-bond donors (Lipinski definition) is 7. The van der Waals surface area contributed by atoms with Crippen LogP contribution in [0.4, 0.5) is 0 Å². The minimum atomic E-state index is -1.21. The van der Waals surface area contributed by atoms with E-state index in [1.165, 1.54) is 37.6 Å². The zero-order chi connectivity index (χ0) is 50.3. The summed E-state index contributed by atoms with van der Waals surface area (Å²) in [4.78, 5) is 128. The van der Waals surface area contributed by atoms with E-state index in [0.29, 0.717) is 38.5 Å². The van der Waals surface area contributed by atoms with Crippen LogP contribution in [0.3, 0.4) is 0 Å². The fraction of sp³-hybridized carbons (Fsp3) is 0.540. The van der Waals surface area contributed by atoms with E-state index in [0.717, 1.165) is 11.1 Å². The molecule has 70 heavy (non-hydrogen) atoms. The van der Waals surface area contributed by atoms with Gasteiger partial charge in [0.15, 0.2) is 0 Å². The summed E-state index contributed by atoms with van der Waals surface area (Å²) in [5.74, 6) is -5.00. The highest BCUT2D eigenvalue weighted by Crippen LogP contribution is 2.29. The number of hydrogen-bond acceptors (Lipinski definition) is 11. The molecule has 4 heterocycles. The van der Waals surface area contributed by atoms with Gasteiger partial charge in [-0.15, -0.1) is 0 Å². The Balaban J connectivity index is 1.27. The number of amides is 9. The van der Waals surface area contributed by atoms with Crippen LogP contribution in [-0.4, -0.2) is 136 Å². The van der Waals surface area contributed by atoms with Crippen LogP contribution in [0.2, 0.25) is 0 Å². The van der Waals surface area contributed by atoms with Crippen LogP contribution in [0.25, 0.3) is 6.08 Å². The lowest BCUT2D eigenvalue weighted by molar-refractivity contribution is -0.148. The Morgan fingerprint density at radius 2 is 1.39 bits per heavy atom. The molecule has 4 fully saturated rings. The van der Waals surface area contributed by atoms with Crippen LogP contribution in [0, 0.1) is 11.8 Å². The molecule has 9 amide bonds. The molecular weight excluding hydrogens is 935 g/mol. The Hall–Kier alpha value is -5.89. The minimum Gasteiger partial charge on any atom is -0.344 e. The third-order valence-corrected chi connectivity index (χ3v) is 15.5. The molecular formula is C50H67N9O9S2. The van der Waals surface area contributed by atoms with Crippen LogP contribution < -0.4 is 37.2 Å². The first-order valence-corrected chi connectivity index (χ1v) is 26.8. The van der Waals surface area contributed by atoms with E-state index in [2.05, 4.69) is 37.2 Å². The molecule has 0 aromatic heterocycles. The van der Waals surface area contributed by atoms with Gasteiger partial charge in [-0.2, -0.15) is 0 Å². The quantitative estimate of drug-likeness (QED) is 0.128. The second-order valence-electron chi connectivity index (χ2n) is 18.8. The summed E-state index contributed by atoms with van der Waals surface area (Å²) in [7, 11) is 2.38. The molecule has 0 unspecified atom stereocenters. The predicted octanol–water partition coefficient (Wildman–Crippen LogP) is 2.19. The summed E-state index contributed by atoms with van der Waals surface area (Å²) in [5, 5.41) is 19.7. The molecule has 4 aliphatic rings. The van der Waals surface area contributed by atoms with Crippen molar-refractivity contribution in [3.05, 3.63) is 78.0 Å². The van der Waals surface area contributed by atoms with Gasteiger partial charge in [-0.3, -0.25) is 43.2 Å². The Morgan fingerprint density at radius 1 is 0.729 bits per heavy atom. The highest BCUT2D eigenvalue weighted by molar-refractivity contribution is 8.76. The summed E-state index contributed by atoms with van der Waals surface area (Å²) < 4.78 is 0. The molecule has 6 rings (SSSR count). The lowest BCUT2D eigenvalue weighted by Crippen LogP contribution is -2.61. The van der Waals surface area contributed by atoms with Gasteiger partial charge in [0, 0.05) is 43.6 Å². The van der Waals surface area contributed by atoms with Gasteiger partial charge in [0.2, 0.25) is 53.2 Å². The molecule has 18 nitrogen and oxygen atoms in total. The van der Waals surface area contributed by atoms with Crippen LogP contribution in [-0.2, 0) is 49.6 Å². The van der Waals surface area contributed by atoms with Crippen LogP contribution in [0.5, 0.6) is 0 Å². The van der Waals surface area contributed by atoms with Gasteiger partial charge in [0.25, 0.3) is 0 Å². The molecule has 2 aromatic rings. The van der Waals surface area contributed by atoms with Gasteiger partial charge >= 0.3 is 0 Å². The maximum atomic E-state index is 14.8. The maximum absolute atomic E-state index is 14.8. The Morgan fingerprint density at radius 3 is 2.04 bits per heavy atom. The van der Waals surface area contributed by atoms with Crippen molar-refractivity contribution in [3.63, 3.8) is 0 Å². The summed E-state index contributed by atoms with van der Waals surface area (Å²) in [6.07, 6.45) is 6.21. The molecule has 7 N–H and O–H groups in total. The molecule has 4 saturated heterocycles. The average molecular weight is 1000 g/mol. The number of fused-ring (bicyclic) bond motifs is 2. The maximum Gasteiger partial charge on any atom is 0.247 e. The van der Waals surface area contributed by atoms with Gasteiger partial charge < -0.3 is 47.0 Å². The molecule has 2 aromatic carbocycles. The normalized spacial score (nSPS) is 24.9. The van der Waals surface area contributed by atoms with Gasteiger partial charge in [0.05, 0.1) is 0 Å². The molecule has 0 aliphatic carbocycles. The van der Waals surface area contributed by atoms with Crippen molar-refractivity contribution in [2.75, 3.05) is 24.6 Å². The summed E-state index contributed by atoms with van der Waals surface area (Å²) >= 11 is 0. The molecule has 4 aliphatic heterocycles. The number of nitrogens with zero attached hydrogens (tertiary/aromatic N) is 2. The second kappa shape index (κ2) is 25.8. The molecule has 0 bridgehead atoms. The number of benzene rings is 2. The Labute approximate surface area is 417 Å². The fourth-order valence-corrected chi connectivity index (χ4v) is 11.4. The van der Waals surface area contributed by atoms with Gasteiger partial charge in [-0.1, -0.05) is 116 Å². The lowest BCUT2D eigenvalue weighted by Gasteiger charge is -2.33. The smallest absolute Gasteiger partial charge is 0.247 e. The molecule has 0 spiro atoms. The third-order valence-electron chi connectivity index (χ3n) is 13.1. The predicted molar refractivity (Wildman–Crippen MR) is 268 cm³/mol. The topological polar surface area (TPSA) is 244 Å². The number of rotatable bonds is 15. The van der Waals surface area contributed by atoms with E-state index < -0.39 is 95.6 Å². The van der Waals surface area contributed by atoms with E-state index in [1.807, 2.05) is 81.4 Å². The molecule has 20 heteroatoms. The van der Waals surface area contributed by atoms with Gasteiger partial charge in [0.1, 0.15) is 48.3 Å². The highest BCUT2D eigenvalue weighted by Gasteiger charge is 2.45. The summed E-state index contributed by atoms with van der Waals surface area (Å²) in [6.45, 7) is 7.93. The van der Waals surface area contributed by atoms with E-state index >= 15 is 0 Å². The van der Waals surface area contributed by atoms with Crippen molar-refractivity contribution >= 4 is 80.8 Å². The van der Waals surface area contributed by atoms with Gasteiger partial charge in [-0.05, 0) is 67.6 Å². The van der Waals surface area contributed by atoms with Crippen molar-refractivity contribution in [2.45, 2.75) is 134 Å². The molecule has 9 atom stereocenters. The SMILES string of the molecule is CC[C@H](C)[C@H](NC(=O)[C@@H]1CCC(=O)N1)C(=O)N[C@@H](CC(C)C)C(=O)N[C@H]1CSSC[C@@H](C(=O)N/C=C/c2ccccc2)NC(=O)[C@H](Cc2ccccc2)NC(=O)[C@@H]2CCCN2C(=O)[C@@H]2CCCN2C1=O. The first-order chi connectivity index (χ1) is 33.6. The van der Waals surface area contributed by atoms with Crippen LogP contribution in [0.15, 0.2) is 66.9 Å². The van der Waals surface area contributed by atoms with E-state index in [-0.39, 0.29) is 61.6 Å². The van der Waals surface area contributed by atoms with Gasteiger partial charge in [-0.25, -0.2) is 0 Å². The van der Waals surface area contributed by atoms with Crippen molar-refractivity contribution in [1.82, 2.24) is 47.0 Å². The van der Waals surface area contributed by atoms with Crippen molar-refractivity contribution < 1.29 is 43.2 Å². The summed E-state index contributed by atoms with van der Waals surface area (Å²) in [6, 6.07) is 10.3. The van der Waals surface area contributed by atoms with E-state index in [4.69, 9.17) is 0 Å². The largest absolute Gasteiger partial charge is 0.344 e. The molecule has 378 valence electrons. The molecule has 0 saturated carbocycles.